The highest BCUT2D eigenvalue weighted by Gasteiger charge is 2.20. The first kappa shape index (κ1) is 23.6. The Morgan fingerprint density at radius 3 is 2.32 bits per heavy atom. The van der Waals surface area contributed by atoms with Crippen molar-refractivity contribution >= 4 is 35.0 Å². The summed E-state index contributed by atoms with van der Waals surface area (Å²) in [6, 6.07) is 15.1. The summed E-state index contributed by atoms with van der Waals surface area (Å²) in [6.45, 7) is 4.97. The van der Waals surface area contributed by atoms with E-state index in [0.717, 1.165) is 49.0 Å². The fourth-order valence-corrected chi connectivity index (χ4v) is 4.37. The van der Waals surface area contributed by atoms with Gasteiger partial charge in [-0.15, -0.1) is 5.10 Å². The Hall–Kier alpha value is -3.60. The van der Waals surface area contributed by atoms with E-state index in [-0.39, 0.29) is 17.6 Å². The average molecular weight is 482 g/mol. The van der Waals surface area contributed by atoms with E-state index in [1.807, 2.05) is 60.4 Å². The maximum atomic E-state index is 12.5. The summed E-state index contributed by atoms with van der Waals surface area (Å²) in [5.41, 5.74) is 2.59. The lowest BCUT2D eigenvalue weighted by Gasteiger charge is -2.36. The molecule has 4 rings (SSSR count). The molecule has 0 saturated carbocycles. The topological polar surface area (TPSA) is 105 Å². The Labute approximate surface area is 202 Å². The maximum absolute atomic E-state index is 12.5. The van der Waals surface area contributed by atoms with Crippen molar-refractivity contribution in [2.75, 3.05) is 49.3 Å². The number of methoxy groups -OCH3 is 1. The van der Waals surface area contributed by atoms with E-state index in [4.69, 9.17) is 4.74 Å². The van der Waals surface area contributed by atoms with Crippen molar-refractivity contribution in [2.45, 2.75) is 18.5 Å². The molecule has 1 fully saturated rings. The molecule has 2 aromatic carbocycles. The zero-order chi connectivity index (χ0) is 23.9. The van der Waals surface area contributed by atoms with Gasteiger partial charge in [0, 0.05) is 44.0 Å². The minimum absolute atomic E-state index is 0.145. The van der Waals surface area contributed by atoms with Gasteiger partial charge in [0.2, 0.25) is 17.0 Å². The number of amides is 2. The lowest BCUT2D eigenvalue weighted by atomic mass is 10.2. The first-order chi connectivity index (χ1) is 16.6. The SMILES string of the molecule is CCC(=O)N1CCN(c2ccc(NC(=O)CSc3nnnn3-c3ccc(OC)cc3)cc2)CC1. The van der Waals surface area contributed by atoms with Gasteiger partial charge >= 0.3 is 0 Å². The van der Waals surface area contributed by atoms with Gasteiger partial charge in [-0.25, -0.2) is 0 Å². The van der Waals surface area contributed by atoms with Gasteiger partial charge in [0.05, 0.1) is 18.6 Å². The highest BCUT2D eigenvalue weighted by molar-refractivity contribution is 7.99. The Balaban J connectivity index is 1.28. The molecule has 3 aromatic rings. The molecule has 0 spiro atoms. The summed E-state index contributed by atoms with van der Waals surface area (Å²) in [7, 11) is 1.61. The average Bonchev–Trinajstić information content (AvgIpc) is 3.36. The molecule has 34 heavy (non-hydrogen) atoms. The number of hydrogen-bond acceptors (Lipinski definition) is 8. The number of aromatic nitrogens is 4. The normalized spacial score (nSPS) is 13.6. The van der Waals surface area contributed by atoms with Crippen molar-refractivity contribution in [3.05, 3.63) is 48.5 Å². The van der Waals surface area contributed by atoms with Crippen LogP contribution in [0.25, 0.3) is 5.69 Å². The van der Waals surface area contributed by atoms with Crippen LogP contribution in [0.1, 0.15) is 13.3 Å². The number of anilines is 2. The molecule has 1 N–H and O–H groups in total. The van der Waals surface area contributed by atoms with E-state index in [9.17, 15) is 9.59 Å². The highest BCUT2D eigenvalue weighted by Crippen LogP contribution is 2.22. The molecule has 0 bridgehead atoms. The van der Waals surface area contributed by atoms with Crippen molar-refractivity contribution in [1.29, 1.82) is 0 Å². The molecule has 0 radical (unpaired) electrons. The van der Waals surface area contributed by atoms with E-state index in [2.05, 4.69) is 25.7 Å². The molecule has 2 heterocycles. The predicted octanol–water partition coefficient (Wildman–Crippen LogP) is 2.46. The molecular weight excluding hydrogens is 454 g/mol. The maximum Gasteiger partial charge on any atom is 0.234 e. The molecule has 0 atom stereocenters. The number of carbonyl (C=O) groups is 2. The van der Waals surface area contributed by atoms with Gasteiger partial charge in [-0.3, -0.25) is 9.59 Å². The number of rotatable bonds is 8. The van der Waals surface area contributed by atoms with Crippen LogP contribution in [0.4, 0.5) is 11.4 Å². The summed E-state index contributed by atoms with van der Waals surface area (Å²) in [5, 5.41) is 15.2. The largest absolute Gasteiger partial charge is 0.497 e. The van der Waals surface area contributed by atoms with Crippen molar-refractivity contribution in [3.8, 4) is 11.4 Å². The fourth-order valence-electron chi connectivity index (χ4n) is 3.67. The molecule has 0 aliphatic carbocycles. The van der Waals surface area contributed by atoms with E-state index in [1.165, 1.54) is 11.8 Å². The molecule has 11 heteroatoms. The van der Waals surface area contributed by atoms with Gasteiger partial charge in [-0.05, 0) is 59.0 Å². The number of nitrogens with zero attached hydrogens (tertiary/aromatic N) is 6. The lowest BCUT2D eigenvalue weighted by molar-refractivity contribution is -0.131. The summed E-state index contributed by atoms with van der Waals surface area (Å²) >= 11 is 1.26. The number of ether oxygens (including phenoxy) is 1. The first-order valence-corrected chi connectivity index (χ1v) is 12.0. The third-order valence-electron chi connectivity index (χ3n) is 5.54. The van der Waals surface area contributed by atoms with Crippen LogP contribution in [-0.4, -0.2) is 76.0 Å². The lowest BCUT2D eigenvalue weighted by Crippen LogP contribution is -2.48. The number of benzene rings is 2. The van der Waals surface area contributed by atoms with Gasteiger partial charge < -0.3 is 19.9 Å². The smallest absolute Gasteiger partial charge is 0.234 e. The second-order valence-electron chi connectivity index (χ2n) is 7.68. The monoisotopic (exact) mass is 481 g/mol. The zero-order valence-electron chi connectivity index (χ0n) is 19.2. The van der Waals surface area contributed by atoms with Crippen LogP contribution in [0.5, 0.6) is 5.75 Å². The number of tetrazole rings is 1. The standard InChI is InChI=1S/C23H27N7O3S/c1-3-22(32)29-14-12-28(13-15-29)18-6-4-17(5-7-18)24-21(31)16-34-23-25-26-27-30(23)19-8-10-20(33-2)11-9-19/h4-11H,3,12-16H2,1-2H3,(H,24,31). The van der Waals surface area contributed by atoms with Crippen LogP contribution >= 0.6 is 11.8 Å². The van der Waals surface area contributed by atoms with Crippen LogP contribution < -0.4 is 15.0 Å². The minimum atomic E-state index is -0.145. The van der Waals surface area contributed by atoms with E-state index < -0.39 is 0 Å². The Kier molecular flexibility index (Phi) is 7.63. The van der Waals surface area contributed by atoms with E-state index in [0.29, 0.717) is 11.6 Å². The molecule has 10 nitrogen and oxygen atoms in total. The number of hydrogen-bond donors (Lipinski definition) is 1. The fraction of sp³-hybridized carbons (Fsp3) is 0.348. The molecule has 1 aliphatic rings. The van der Waals surface area contributed by atoms with Gasteiger partial charge in [-0.1, -0.05) is 18.7 Å². The second-order valence-corrected chi connectivity index (χ2v) is 8.62. The molecule has 0 unspecified atom stereocenters. The summed E-state index contributed by atoms with van der Waals surface area (Å²) in [5.74, 6) is 0.971. The molecular formula is C23H27N7O3S. The number of nitrogens with one attached hydrogen (secondary N) is 1. The van der Waals surface area contributed by atoms with Crippen LogP contribution in [0.15, 0.2) is 53.7 Å². The van der Waals surface area contributed by atoms with Crippen LogP contribution in [0.3, 0.4) is 0 Å². The summed E-state index contributed by atoms with van der Waals surface area (Å²) in [6.07, 6.45) is 0.545. The predicted molar refractivity (Wildman–Crippen MR) is 131 cm³/mol. The second kappa shape index (κ2) is 11.0. The Morgan fingerprint density at radius 1 is 1.00 bits per heavy atom. The Bertz CT molecular complexity index is 1110. The number of carbonyl (C=O) groups excluding carboxylic acids is 2. The van der Waals surface area contributed by atoms with Crippen LogP contribution in [0.2, 0.25) is 0 Å². The van der Waals surface area contributed by atoms with Crippen molar-refractivity contribution in [2.24, 2.45) is 0 Å². The van der Waals surface area contributed by atoms with Crippen molar-refractivity contribution < 1.29 is 14.3 Å². The quantitative estimate of drug-likeness (QED) is 0.489. The number of thioether (sulfide) groups is 1. The molecule has 1 aliphatic heterocycles. The van der Waals surface area contributed by atoms with E-state index in [1.54, 1.807) is 11.8 Å². The minimum Gasteiger partial charge on any atom is -0.497 e. The Morgan fingerprint density at radius 2 is 1.68 bits per heavy atom. The third-order valence-corrected chi connectivity index (χ3v) is 6.46. The number of piperazine rings is 1. The van der Waals surface area contributed by atoms with Crippen molar-refractivity contribution in [1.82, 2.24) is 25.1 Å². The van der Waals surface area contributed by atoms with Crippen LogP contribution in [-0.2, 0) is 9.59 Å². The highest BCUT2D eigenvalue weighted by atomic mass is 32.2. The molecule has 178 valence electrons. The summed E-state index contributed by atoms with van der Waals surface area (Å²) in [4.78, 5) is 28.5. The van der Waals surface area contributed by atoms with Gasteiger partial charge in [0.25, 0.3) is 0 Å². The van der Waals surface area contributed by atoms with Gasteiger partial charge in [0.15, 0.2) is 0 Å². The first-order valence-electron chi connectivity index (χ1n) is 11.1. The molecule has 1 aromatic heterocycles. The molecule has 2 amide bonds. The van der Waals surface area contributed by atoms with Gasteiger partial charge in [0.1, 0.15) is 5.75 Å². The van der Waals surface area contributed by atoms with E-state index >= 15 is 0 Å². The van der Waals surface area contributed by atoms with Crippen LogP contribution in [0, 0.1) is 0 Å². The third kappa shape index (κ3) is 5.66. The van der Waals surface area contributed by atoms with Gasteiger partial charge in [-0.2, -0.15) is 4.68 Å². The summed E-state index contributed by atoms with van der Waals surface area (Å²) < 4.78 is 6.76. The zero-order valence-corrected chi connectivity index (χ0v) is 20.0. The van der Waals surface area contributed by atoms with Crippen molar-refractivity contribution in [3.63, 3.8) is 0 Å². The molecule has 1 saturated heterocycles.